The van der Waals surface area contributed by atoms with Crippen LogP contribution in [0.5, 0.6) is 0 Å². The van der Waals surface area contributed by atoms with E-state index in [-0.39, 0.29) is 0 Å². The summed E-state index contributed by atoms with van der Waals surface area (Å²) in [4.78, 5) is 4.08. The molecule has 0 radical (unpaired) electrons. The number of nitrogens with zero attached hydrogens (tertiary/aromatic N) is 2. The summed E-state index contributed by atoms with van der Waals surface area (Å²) >= 11 is 3.37. The first kappa shape index (κ1) is 11.5. The maximum absolute atomic E-state index is 12.0. The minimum Gasteiger partial charge on any atom is -0.327 e. The van der Waals surface area contributed by atoms with E-state index < -0.39 is 10.8 Å². The Bertz CT molecular complexity index is 507. The van der Waals surface area contributed by atoms with Crippen LogP contribution in [0.4, 0.5) is 0 Å². The summed E-state index contributed by atoms with van der Waals surface area (Å²) in [7, 11) is 0.764. The van der Waals surface area contributed by atoms with Crippen LogP contribution in [0.2, 0.25) is 0 Å². The fourth-order valence-electron chi connectivity index (χ4n) is 1.37. The number of aromatic nitrogens is 2. The molecule has 1 atom stereocenters. The van der Waals surface area contributed by atoms with Gasteiger partial charge in [0.25, 0.3) is 0 Å². The van der Waals surface area contributed by atoms with Gasteiger partial charge in [0.15, 0.2) is 5.16 Å². The van der Waals surface area contributed by atoms with Crippen molar-refractivity contribution in [3.63, 3.8) is 0 Å². The zero-order valence-electron chi connectivity index (χ0n) is 8.76. The molecule has 0 amide bonds. The Hall–Kier alpha value is -0.940. The molecule has 0 aliphatic carbocycles. The number of rotatable bonds is 3. The summed E-state index contributed by atoms with van der Waals surface area (Å²) in [6, 6.07) is 7.83. The summed E-state index contributed by atoms with van der Waals surface area (Å²) in [5, 5.41) is 0.614. The van der Waals surface area contributed by atoms with E-state index in [0.29, 0.717) is 10.9 Å². The average Bonchev–Trinajstić information content (AvgIpc) is 2.68. The zero-order valence-corrected chi connectivity index (χ0v) is 11.2. The fraction of sp³-hybridized carbons (Fsp3) is 0.182. The summed E-state index contributed by atoms with van der Waals surface area (Å²) < 4.78 is 14.8. The second kappa shape index (κ2) is 4.93. The van der Waals surface area contributed by atoms with E-state index in [4.69, 9.17) is 0 Å². The van der Waals surface area contributed by atoms with E-state index in [1.807, 2.05) is 31.3 Å². The predicted octanol–water partition coefficient (Wildman–Crippen LogP) is 2.49. The minimum absolute atomic E-state index is 0.498. The van der Waals surface area contributed by atoms with Crippen LogP contribution in [0.15, 0.2) is 46.3 Å². The third kappa shape index (κ3) is 2.59. The summed E-state index contributed by atoms with van der Waals surface area (Å²) in [5.41, 5.74) is 1.05. The van der Waals surface area contributed by atoms with Crippen molar-refractivity contribution in [1.29, 1.82) is 0 Å². The number of aryl methyl sites for hydroxylation is 1. The topological polar surface area (TPSA) is 34.9 Å². The Labute approximate surface area is 105 Å². The van der Waals surface area contributed by atoms with Crippen LogP contribution in [0.3, 0.4) is 0 Å². The Morgan fingerprint density at radius 3 is 2.62 bits per heavy atom. The van der Waals surface area contributed by atoms with Crippen molar-refractivity contribution < 1.29 is 4.21 Å². The smallest absolute Gasteiger partial charge is 0.199 e. The molecule has 1 heterocycles. The van der Waals surface area contributed by atoms with Crippen molar-refractivity contribution in [2.24, 2.45) is 7.05 Å². The molecule has 0 spiro atoms. The van der Waals surface area contributed by atoms with Gasteiger partial charge in [0, 0.05) is 23.9 Å². The van der Waals surface area contributed by atoms with Crippen molar-refractivity contribution in [3.8, 4) is 0 Å². The number of hydrogen-bond donors (Lipinski definition) is 0. The zero-order chi connectivity index (χ0) is 11.5. The van der Waals surface area contributed by atoms with Gasteiger partial charge in [-0.15, -0.1) is 0 Å². The molecule has 16 heavy (non-hydrogen) atoms. The molecule has 2 rings (SSSR count). The van der Waals surface area contributed by atoms with E-state index in [1.165, 1.54) is 0 Å². The van der Waals surface area contributed by atoms with Crippen LogP contribution in [0, 0.1) is 0 Å². The third-order valence-electron chi connectivity index (χ3n) is 2.19. The van der Waals surface area contributed by atoms with E-state index in [0.717, 1.165) is 10.0 Å². The fourth-order valence-corrected chi connectivity index (χ4v) is 2.82. The standard InChI is InChI=1S/C11H11BrN2OS/c1-14-7-6-13-11(14)16(15)8-9-2-4-10(12)5-3-9/h2-7H,8H2,1H3. The van der Waals surface area contributed by atoms with Gasteiger partial charge in [-0.05, 0) is 17.7 Å². The van der Waals surface area contributed by atoms with Crippen LogP contribution in [0.25, 0.3) is 0 Å². The maximum Gasteiger partial charge on any atom is 0.199 e. The van der Waals surface area contributed by atoms with Gasteiger partial charge < -0.3 is 4.57 Å². The molecule has 0 aliphatic heterocycles. The first-order chi connectivity index (χ1) is 7.66. The van der Waals surface area contributed by atoms with Gasteiger partial charge in [0.05, 0.1) is 16.6 Å². The van der Waals surface area contributed by atoms with Crippen LogP contribution in [-0.2, 0) is 23.6 Å². The van der Waals surface area contributed by atoms with Gasteiger partial charge in [-0.2, -0.15) is 0 Å². The average molecular weight is 299 g/mol. The predicted molar refractivity (Wildman–Crippen MR) is 67.5 cm³/mol. The van der Waals surface area contributed by atoms with Crippen LogP contribution in [-0.4, -0.2) is 13.8 Å². The molecule has 0 saturated carbocycles. The summed E-state index contributed by atoms with van der Waals surface area (Å²) in [6.07, 6.45) is 3.46. The van der Waals surface area contributed by atoms with Gasteiger partial charge in [-0.3, -0.25) is 4.21 Å². The number of imidazole rings is 1. The van der Waals surface area contributed by atoms with Crippen LogP contribution >= 0.6 is 15.9 Å². The second-order valence-corrected chi connectivity index (χ2v) is 5.70. The molecule has 0 N–H and O–H groups in total. The molecule has 0 fully saturated rings. The minimum atomic E-state index is -1.08. The second-order valence-electron chi connectivity index (χ2n) is 3.44. The molecular weight excluding hydrogens is 288 g/mol. The lowest BCUT2D eigenvalue weighted by Gasteiger charge is -2.02. The number of hydrogen-bond acceptors (Lipinski definition) is 2. The molecule has 84 valence electrons. The normalized spacial score (nSPS) is 12.6. The third-order valence-corrected chi connectivity index (χ3v) is 4.12. The monoisotopic (exact) mass is 298 g/mol. The SMILES string of the molecule is Cn1ccnc1S(=O)Cc1ccc(Br)cc1. The molecule has 2 aromatic rings. The van der Waals surface area contributed by atoms with Gasteiger partial charge in [-0.25, -0.2) is 4.98 Å². The van der Waals surface area contributed by atoms with Crippen LogP contribution < -0.4 is 0 Å². The molecule has 1 aromatic heterocycles. The molecule has 1 aromatic carbocycles. The van der Waals surface area contributed by atoms with Gasteiger partial charge in [-0.1, -0.05) is 28.1 Å². The molecule has 1 unspecified atom stereocenters. The lowest BCUT2D eigenvalue weighted by Crippen LogP contribution is -2.03. The number of benzene rings is 1. The van der Waals surface area contributed by atoms with Gasteiger partial charge >= 0.3 is 0 Å². The van der Waals surface area contributed by atoms with E-state index in [9.17, 15) is 4.21 Å². The molecular formula is C11H11BrN2OS. The Kier molecular flexibility index (Phi) is 3.56. The molecule has 3 nitrogen and oxygen atoms in total. The summed E-state index contributed by atoms with van der Waals surface area (Å²) in [5.74, 6) is 0.498. The highest BCUT2D eigenvalue weighted by molar-refractivity contribution is 9.10. The van der Waals surface area contributed by atoms with E-state index in [1.54, 1.807) is 17.0 Å². The van der Waals surface area contributed by atoms with Gasteiger partial charge in [0.1, 0.15) is 0 Å². The van der Waals surface area contributed by atoms with Crippen molar-refractivity contribution >= 4 is 26.7 Å². The molecule has 0 bridgehead atoms. The quantitative estimate of drug-likeness (QED) is 0.873. The van der Waals surface area contributed by atoms with Crippen molar-refractivity contribution in [2.45, 2.75) is 10.9 Å². The lowest BCUT2D eigenvalue weighted by molar-refractivity contribution is 0.664. The van der Waals surface area contributed by atoms with E-state index >= 15 is 0 Å². The largest absolute Gasteiger partial charge is 0.327 e. The van der Waals surface area contributed by atoms with E-state index in [2.05, 4.69) is 20.9 Å². The highest BCUT2D eigenvalue weighted by Gasteiger charge is 2.09. The van der Waals surface area contributed by atoms with Crippen molar-refractivity contribution in [2.75, 3.05) is 0 Å². The Morgan fingerprint density at radius 1 is 1.38 bits per heavy atom. The van der Waals surface area contributed by atoms with Crippen molar-refractivity contribution in [1.82, 2.24) is 9.55 Å². The van der Waals surface area contributed by atoms with Crippen LogP contribution in [0.1, 0.15) is 5.56 Å². The highest BCUT2D eigenvalue weighted by Crippen LogP contribution is 2.14. The number of halogens is 1. The first-order valence-corrected chi connectivity index (χ1v) is 6.88. The Morgan fingerprint density at radius 2 is 2.06 bits per heavy atom. The Balaban J connectivity index is 2.14. The molecule has 5 heteroatoms. The molecule has 0 saturated heterocycles. The summed E-state index contributed by atoms with van der Waals surface area (Å²) in [6.45, 7) is 0. The van der Waals surface area contributed by atoms with Gasteiger partial charge in [0.2, 0.25) is 0 Å². The lowest BCUT2D eigenvalue weighted by atomic mass is 10.2. The highest BCUT2D eigenvalue weighted by atomic mass is 79.9. The first-order valence-electron chi connectivity index (χ1n) is 4.77. The van der Waals surface area contributed by atoms with Crippen molar-refractivity contribution in [3.05, 3.63) is 46.7 Å². The maximum atomic E-state index is 12.0. The molecule has 0 aliphatic rings.